The molecule has 0 unspecified atom stereocenters. The van der Waals surface area contributed by atoms with Crippen molar-refractivity contribution in [2.75, 3.05) is 19.8 Å². The van der Waals surface area contributed by atoms with Gasteiger partial charge in [0, 0.05) is 6.61 Å². The van der Waals surface area contributed by atoms with Crippen LogP contribution in [0.25, 0.3) is 22.4 Å². The van der Waals surface area contributed by atoms with Gasteiger partial charge < -0.3 is 13.9 Å². The SMILES string of the molecule is CCCOCCOc1c(-c2nn[nH]n2)c(=O)oc2cccc(C)c12. The quantitative estimate of drug-likeness (QED) is 0.522. The van der Waals surface area contributed by atoms with E-state index in [9.17, 15) is 4.79 Å². The number of benzene rings is 1. The van der Waals surface area contributed by atoms with Crippen LogP contribution in [-0.4, -0.2) is 40.4 Å². The van der Waals surface area contributed by atoms with E-state index in [0.717, 1.165) is 12.0 Å². The minimum atomic E-state index is -0.570. The number of ether oxygens (including phenoxy) is 2. The largest absolute Gasteiger partial charge is 0.489 e. The summed E-state index contributed by atoms with van der Waals surface area (Å²) in [5, 5.41) is 14.3. The first kappa shape index (κ1) is 16.1. The Kier molecular flexibility index (Phi) is 4.85. The Morgan fingerprint density at radius 2 is 2.12 bits per heavy atom. The molecule has 0 atom stereocenters. The Morgan fingerprint density at radius 1 is 1.25 bits per heavy atom. The van der Waals surface area contributed by atoms with Crippen molar-refractivity contribution in [3.63, 3.8) is 0 Å². The van der Waals surface area contributed by atoms with Crippen LogP contribution in [0.3, 0.4) is 0 Å². The van der Waals surface area contributed by atoms with Gasteiger partial charge in [-0.3, -0.25) is 0 Å². The molecule has 3 aromatic rings. The summed E-state index contributed by atoms with van der Waals surface area (Å²) < 4.78 is 16.7. The summed E-state index contributed by atoms with van der Waals surface area (Å²) in [7, 11) is 0. The number of nitrogens with zero attached hydrogens (tertiary/aromatic N) is 3. The molecular formula is C16H18N4O4. The normalized spacial score (nSPS) is 11.1. The molecule has 0 radical (unpaired) electrons. The Bertz CT molecular complexity index is 874. The first-order valence-corrected chi connectivity index (χ1v) is 7.73. The van der Waals surface area contributed by atoms with E-state index in [2.05, 4.69) is 20.6 Å². The fourth-order valence-corrected chi connectivity index (χ4v) is 2.44. The molecule has 2 aromatic heterocycles. The van der Waals surface area contributed by atoms with E-state index in [-0.39, 0.29) is 11.4 Å². The van der Waals surface area contributed by atoms with E-state index in [0.29, 0.717) is 36.5 Å². The lowest BCUT2D eigenvalue weighted by Gasteiger charge is -2.13. The van der Waals surface area contributed by atoms with Gasteiger partial charge in [-0.2, -0.15) is 5.21 Å². The maximum Gasteiger partial charge on any atom is 0.351 e. The number of hydrogen-bond donors (Lipinski definition) is 1. The van der Waals surface area contributed by atoms with Gasteiger partial charge in [0.15, 0.2) is 5.56 Å². The summed E-state index contributed by atoms with van der Waals surface area (Å²) in [6, 6.07) is 5.47. The molecule has 1 N–H and O–H groups in total. The number of fused-ring (bicyclic) bond motifs is 1. The van der Waals surface area contributed by atoms with Gasteiger partial charge in [-0.1, -0.05) is 19.1 Å². The average molecular weight is 330 g/mol. The summed E-state index contributed by atoms with van der Waals surface area (Å²) in [4.78, 5) is 12.4. The van der Waals surface area contributed by atoms with Gasteiger partial charge in [-0.05, 0) is 30.2 Å². The van der Waals surface area contributed by atoms with Crippen molar-refractivity contribution in [3.8, 4) is 17.1 Å². The molecule has 8 nitrogen and oxygen atoms in total. The fourth-order valence-electron chi connectivity index (χ4n) is 2.44. The molecule has 0 spiro atoms. The molecule has 1 aromatic carbocycles. The van der Waals surface area contributed by atoms with Crippen LogP contribution in [0.1, 0.15) is 18.9 Å². The van der Waals surface area contributed by atoms with Gasteiger partial charge >= 0.3 is 5.63 Å². The molecule has 3 rings (SSSR count). The summed E-state index contributed by atoms with van der Waals surface area (Å²) in [5.41, 5.74) is 0.960. The van der Waals surface area contributed by atoms with Gasteiger partial charge in [0.2, 0.25) is 5.82 Å². The van der Waals surface area contributed by atoms with Gasteiger partial charge in [0.25, 0.3) is 0 Å². The molecule has 8 heteroatoms. The van der Waals surface area contributed by atoms with E-state index < -0.39 is 5.63 Å². The first-order valence-electron chi connectivity index (χ1n) is 7.73. The number of nitrogens with one attached hydrogen (secondary N) is 1. The van der Waals surface area contributed by atoms with Gasteiger partial charge in [-0.25, -0.2) is 4.79 Å². The van der Waals surface area contributed by atoms with Crippen LogP contribution < -0.4 is 10.4 Å². The van der Waals surface area contributed by atoms with Crippen LogP contribution in [-0.2, 0) is 4.74 Å². The van der Waals surface area contributed by atoms with Crippen molar-refractivity contribution in [3.05, 3.63) is 34.2 Å². The number of tetrazole rings is 1. The zero-order valence-corrected chi connectivity index (χ0v) is 13.5. The van der Waals surface area contributed by atoms with Gasteiger partial charge in [0.05, 0.1) is 12.0 Å². The molecular weight excluding hydrogens is 312 g/mol. The number of aromatic amines is 1. The second-order valence-electron chi connectivity index (χ2n) is 5.24. The molecule has 126 valence electrons. The Morgan fingerprint density at radius 3 is 2.88 bits per heavy atom. The third-order valence-corrected chi connectivity index (χ3v) is 3.49. The molecule has 0 saturated carbocycles. The molecule has 0 saturated heterocycles. The number of hydrogen-bond acceptors (Lipinski definition) is 7. The Labute approximate surface area is 137 Å². The fraction of sp³-hybridized carbons (Fsp3) is 0.375. The highest BCUT2D eigenvalue weighted by atomic mass is 16.5. The van der Waals surface area contributed by atoms with Crippen molar-refractivity contribution in [1.82, 2.24) is 20.6 Å². The van der Waals surface area contributed by atoms with Crippen LogP contribution in [0, 0.1) is 6.92 Å². The van der Waals surface area contributed by atoms with Crippen molar-refractivity contribution in [1.29, 1.82) is 0 Å². The molecule has 2 heterocycles. The zero-order chi connectivity index (χ0) is 16.9. The number of H-pyrrole nitrogens is 1. The number of aromatic nitrogens is 4. The highest BCUT2D eigenvalue weighted by Gasteiger charge is 2.22. The lowest BCUT2D eigenvalue weighted by atomic mass is 10.1. The van der Waals surface area contributed by atoms with E-state index in [1.54, 1.807) is 6.07 Å². The molecule has 0 aliphatic carbocycles. The topological polar surface area (TPSA) is 103 Å². The maximum atomic E-state index is 12.4. The van der Waals surface area contributed by atoms with Crippen LogP contribution in [0.5, 0.6) is 5.75 Å². The average Bonchev–Trinajstić information content (AvgIpc) is 3.08. The molecule has 0 aliphatic heterocycles. The van der Waals surface area contributed by atoms with Crippen molar-refractivity contribution < 1.29 is 13.9 Å². The summed E-state index contributed by atoms with van der Waals surface area (Å²) in [6.45, 7) is 5.35. The monoisotopic (exact) mass is 330 g/mol. The minimum absolute atomic E-state index is 0.137. The van der Waals surface area contributed by atoms with Gasteiger partial charge in [-0.15, -0.1) is 10.2 Å². The second kappa shape index (κ2) is 7.22. The summed E-state index contributed by atoms with van der Waals surface area (Å²) in [6.07, 6.45) is 0.936. The smallest absolute Gasteiger partial charge is 0.351 e. The third kappa shape index (κ3) is 3.13. The highest BCUT2D eigenvalue weighted by Crippen LogP contribution is 2.34. The molecule has 0 aliphatic rings. The number of rotatable bonds is 7. The standard InChI is InChI=1S/C16H18N4O4/c1-3-7-22-8-9-23-14-12-10(2)5-4-6-11(12)24-16(21)13(14)15-17-19-20-18-15/h4-6H,3,7-9H2,1-2H3,(H,17,18,19,20). The third-order valence-electron chi connectivity index (χ3n) is 3.49. The molecule has 0 amide bonds. The van der Waals surface area contributed by atoms with Crippen LogP contribution >= 0.6 is 0 Å². The highest BCUT2D eigenvalue weighted by molar-refractivity contribution is 5.91. The van der Waals surface area contributed by atoms with Crippen molar-refractivity contribution in [2.45, 2.75) is 20.3 Å². The lowest BCUT2D eigenvalue weighted by Crippen LogP contribution is -2.13. The molecule has 0 fully saturated rings. The zero-order valence-electron chi connectivity index (χ0n) is 13.5. The second-order valence-corrected chi connectivity index (χ2v) is 5.24. The van der Waals surface area contributed by atoms with Crippen LogP contribution in [0.4, 0.5) is 0 Å². The van der Waals surface area contributed by atoms with E-state index >= 15 is 0 Å². The Hall–Kier alpha value is -2.74. The maximum absolute atomic E-state index is 12.4. The molecule has 24 heavy (non-hydrogen) atoms. The first-order chi connectivity index (χ1) is 11.7. The summed E-state index contributed by atoms with van der Waals surface area (Å²) in [5.74, 6) is 0.527. The van der Waals surface area contributed by atoms with Crippen molar-refractivity contribution >= 4 is 11.0 Å². The lowest BCUT2D eigenvalue weighted by molar-refractivity contribution is 0.101. The van der Waals surface area contributed by atoms with E-state index in [4.69, 9.17) is 13.9 Å². The van der Waals surface area contributed by atoms with E-state index in [1.807, 2.05) is 26.0 Å². The van der Waals surface area contributed by atoms with E-state index in [1.165, 1.54) is 0 Å². The predicted molar refractivity (Wildman–Crippen MR) is 87.0 cm³/mol. The molecule has 0 bridgehead atoms. The Balaban J connectivity index is 2.07. The van der Waals surface area contributed by atoms with Gasteiger partial charge in [0.1, 0.15) is 17.9 Å². The number of aryl methyl sites for hydroxylation is 1. The predicted octanol–water partition coefficient (Wildman–Crippen LogP) is 2.09. The minimum Gasteiger partial charge on any atom is -0.489 e. The van der Waals surface area contributed by atoms with Crippen LogP contribution in [0.15, 0.2) is 27.4 Å². The van der Waals surface area contributed by atoms with Crippen LogP contribution in [0.2, 0.25) is 0 Å². The summed E-state index contributed by atoms with van der Waals surface area (Å²) >= 11 is 0. The van der Waals surface area contributed by atoms with Crippen molar-refractivity contribution in [2.24, 2.45) is 0 Å².